The highest BCUT2D eigenvalue weighted by Gasteiger charge is 2.02. The number of aromatic nitrogens is 2. The smallest absolute Gasteiger partial charge is 0.269 e. The van der Waals surface area contributed by atoms with Crippen LogP contribution in [0.15, 0.2) is 41.3 Å². The van der Waals surface area contributed by atoms with Gasteiger partial charge in [-0.25, -0.2) is 4.68 Å². The van der Waals surface area contributed by atoms with Gasteiger partial charge in [0.15, 0.2) is 0 Å². The van der Waals surface area contributed by atoms with E-state index in [0.29, 0.717) is 6.54 Å². The van der Waals surface area contributed by atoms with E-state index in [1.807, 2.05) is 43.3 Å². The van der Waals surface area contributed by atoms with E-state index in [2.05, 4.69) is 16.9 Å². The van der Waals surface area contributed by atoms with Crippen molar-refractivity contribution in [3.8, 4) is 11.8 Å². The van der Waals surface area contributed by atoms with Crippen molar-refractivity contribution in [3.05, 3.63) is 58.0 Å². The van der Waals surface area contributed by atoms with Crippen LogP contribution < -0.4 is 10.5 Å². The minimum atomic E-state index is -0.153. The summed E-state index contributed by atoms with van der Waals surface area (Å²) in [5.74, 6) is 5.42. The van der Waals surface area contributed by atoms with E-state index in [9.17, 15) is 4.79 Å². The molecule has 0 unspecified atom stereocenters. The van der Waals surface area contributed by atoms with Gasteiger partial charge in [0.25, 0.3) is 5.56 Å². The van der Waals surface area contributed by atoms with Crippen molar-refractivity contribution in [2.24, 2.45) is 0 Å². The Kier molecular flexibility index (Phi) is 4.75. The standard InChI is InChI=1S/C16H17N3O2/c1-18(2)15-10-16(21)19(17-11-15)12-14-7-5-13(6-8-14)4-3-9-20/h5-8,10-11,20H,9,12H2,1-2H3. The van der Waals surface area contributed by atoms with Gasteiger partial charge in [-0.2, -0.15) is 5.10 Å². The molecule has 0 amide bonds. The van der Waals surface area contributed by atoms with Gasteiger partial charge in [0, 0.05) is 25.7 Å². The molecule has 1 N–H and O–H groups in total. The van der Waals surface area contributed by atoms with Crippen LogP contribution in [0.4, 0.5) is 5.69 Å². The maximum absolute atomic E-state index is 12.0. The van der Waals surface area contributed by atoms with Crippen LogP contribution in [0.25, 0.3) is 0 Å². The van der Waals surface area contributed by atoms with Crippen molar-refractivity contribution in [2.45, 2.75) is 6.54 Å². The molecule has 0 bridgehead atoms. The van der Waals surface area contributed by atoms with E-state index in [-0.39, 0.29) is 12.2 Å². The number of aliphatic hydroxyl groups excluding tert-OH is 1. The molecule has 0 saturated heterocycles. The van der Waals surface area contributed by atoms with Gasteiger partial charge in [0.05, 0.1) is 18.4 Å². The molecule has 0 aliphatic carbocycles. The Bertz CT molecular complexity index is 722. The molecule has 0 spiro atoms. The first-order chi connectivity index (χ1) is 10.1. The second kappa shape index (κ2) is 6.73. The van der Waals surface area contributed by atoms with Crippen LogP contribution in [0.2, 0.25) is 0 Å². The van der Waals surface area contributed by atoms with Gasteiger partial charge in [-0.05, 0) is 17.7 Å². The molecule has 2 rings (SSSR count). The molecule has 0 atom stereocenters. The summed E-state index contributed by atoms with van der Waals surface area (Å²) in [7, 11) is 3.74. The van der Waals surface area contributed by atoms with E-state index in [1.54, 1.807) is 12.3 Å². The third-order valence-corrected chi connectivity index (χ3v) is 2.97. The van der Waals surface area contributed by atoms with Gasteiger partial charge in [0.1, 0.15) is 6.61 Å². The number of rotatable bonds is 3. The van der Waals surface area contributed by atoms with Gasteiger partial charge in [-0.3, -0.25) is 4.79 Å². The SMILES string of the molecule is CN(C)c1cnn(Cc2ccc(C#CCO)cc2)c(=O)c1. The number of anilines is 1. The second-order valence-corrected chi connectivity index (χ2v) is 4.76. The summed E-state index contributed by atoms with van der Waals surface area (Å²) < 4.78 is 1.42. The molecule has 21 heavy (non-hydrogen) atoms. The Morgan fingerprint density at radius 3 is 2.57 bits per heavy atom. The minimum Gasteiger partial charge on any atom is -0.384 e. The molecule has 2 aromatic rings. The maximum atomic E-state index is 12.0. The van der Waals surface area contributed by atoms with Crippen LogP contribution in [0.3, 0.4) is 0 Å². The average molecular weight is 283 g/mol. The zero-order valence-electron chi connectivity index (χ0n) is 12.1. The zero-order valence-corrected chi connectivity index (χ0v) is 12.1. The molecular formula is C16H17N3O2. The van der Waals surface area contributed by atoms with Crippen molar-refractivity contribution < 1.29 is 5.11 Å². The van der Waals surface area contributed by atoms with Crippen LogP contribution >= 0.6 is 0 Å². The predicted octanol–water partition coefficient (Wildman–Crippen LogP) is 0.701. The van der Waals surface area contributed by atoms with Gasteiger partial charge in [-0.1, -0.05) is 24.0 Å². The topological polar surface area (TPSA) is 58.4 Å². The number of hydrogen-bond acceptors (Lipinski definition) is 4. The fraction of sp³-hybridized carbons (Fsp3) is 0.250. The molecule has 108 valence electrons. The Balaban J connectivity index is 2.17. The van der Waals surface area contributed by atoms with E-state index >= 15 is 0 Å². The highest BCUT2D eigenvalue weighted by molar-refractivity contribution is 5.40. The van der Waals surface area contributed by atoms with E-state index < -0.39 is 0 Å². The fourth-order valence-electron chi connectivity index (χ4n) is 1.80. The molecular weight excluding hydrogens is 266 g/mol. The lowest BCUT2D eigenvalue weighted by Crippen LogP contribution is -2.24. The molecule has 1 aromatic heterocycles. The third-order valence-electron chi connectivity index (χ3n) is 2.97. The minimum absolute atomic E-state index is 0.134. The van der Waals surface area contributed by atoms with Gasteiger partial charge in [0.2, 0.25) is 0 Å². The summed E-state index contributed by atoms with van der Waals surface area (Å²) in [6.45, 7) is 0.263. The Labute approximate surface area is 123 Å². The van der Waals surface area contributed by atoms with Crippen LogP contribution in [0.5, 0.6) is 0 Å². The normalized spacial score (nSPS) is 9.86. The molecule has 1 heterocycles. The van der Waals surface area contributed by atoms with E-state index in [4.69, 9.17) is 5.11 Å². The number of hydrogen-bond donors (Lipinski definition) is 1. The molecule has 5 heteroatoms. The first-order valence-corrected chi connectivity index (χ1v) is 6.53. The fourth-order valence-corrected chi connectivity index (χ4v) is 1.80. The second-order valence-electron chi connectivity index (χ2n) is 4.76. The molecule has 0 saturated carbocycles. The summed E-state index contributed by atoms with van der Waals surface area (Å²) in [6.07, 6.45) is 1.67. The van der Waals surface area contributed by atoms with Crippen LogP contribution in [-0.2, 0) is 6.54 Å². The van der Waals surface area contributed by atoms with Crippen molar-refractivity contribution in [1.29, 1.82) is 0 Å². The average Bonchev–Trinajstić information content (AvgIpc) is 2.48. The quantitative estimate of drug-likeness (QED) is 0.843. The molecule has 0 aliphatic heterocycles. The van der Waals surface area contributed by atoms with E-state index in [0.717, 1.165) is 16.8 Å². The van der Waals surface area contributed by atoms with Gasteiger partial charge < -0.3 is 10.0 Å². The molecule has 1 aromatic carbocycles. The monoisotopic (exact) mass is 283 g/mol. The first kappa shape index (κ1) is 14.8. The molecule has 0 aliphatic rings. The van der Waals surface area contributed by atoms with Crippen molar-refractivity contribution in [3.63, 3.8) is 0 Å². The number of nitrogens with zero attached hydrogens (tertiary/aromatic N) is 3. The van der Waals surface area contributed by atoms with Crippen LogP contribution in [0.1, 0.15) is 11.1 Å². The van der Waals surface area contributed by atoms with Crippen LogP contribution in [-0.4, -0.2) is 35.6 Å². The lowest BCUT2D eigenvalue weighted by atomic mass is 10.1. The summed E-state index contributed by atoms with van der Waals surface area (Å²) in [5.41, 5.74) is 2.45. The summed E-state index contributed by atoms with van der Waals surface area (Å²) in [6, 6.07) is 9.08. The molecule has 5 nitrogen and oxygen atoms in total. The predicted molar refractivity (Wildman–Crippen MR) is 82.3 cm³/mol. The summed E-state index contributed by atoms with van der Waals surface area (Å²) in [5, 5.41) is 12.8. The lowest BCUT2D eigenvalue weighted by Gasteiger charge is -2.12. The van der Waals surface area contributed by atoms with Crippen molar-refractivity contribution >= 4 is 5.69 Å². The van der Waals surface area contributed by atoms with Gasteiger partial charge in [-0.15, -0.1) is 0 Å². The zero-order chi connectivity index (χ0) is 15.2. The maximum Gasteiger partial charge on any atom is 0.269 e. The Hall–Kier alpha value is -2.58. The lowest BCUT2D eigenvalue weighted by molar-refractivity contribution is 0.350. The highest BCUT2D eigenvalue weighted by atomic mass is 16.2. The summed E-state index contributed by atoms with van der Waals surface area (Å²) in [4.78, 5) is 13.8. The highest BCUT2D eigenvalue weighted by Crippen LogP contribution is 2.06. The molecule has 0 radical (unpaired) electrons. The number of benzene rings is 1. The van der Waals surface area contributed by atoms with Crippen molar-refractivity contribution in [1.82, 2.24) is 9.78 Å². The Morgan fingerprint density at radius 2 is 2.00 bits per heavy atom. The third kappa shape index (κ3) is 3.94. The Morgan fingerprint density at radius 1 is 1.29 bits per heavy atom. The number of aliphatic hydroxyl groups is 1. The first-order valence-electron chi connectivity index (χ1n) is 6.53. The van der Waals surface area contributed by atoms with Crippen molar-refractivity contribution in [2.75, 3.05) is 25.6 Å². The van der Waals surface area contributed by atoms with E-state index in [1.165, 1.54) is 4.68 Å². The summed E-state index contributed by atoms with van der Waals surface area (Å²) >= 11 is 0. The van der Waals surface area contributed by atoms with Crippen LogP contribution in [0, 0.1) is 11.8 Å². The largest absolute Gasteiger partial charge is 0.384 e. The molecule has 0 fully saturated rings. The van der Waals surface area contributed by atoms with Gasteiger partial charge >= 0.3 is 0 Å².